The van der Waals surface area contributed by atoms with Crippen molar-refractivity contribution in [2.75, 3.05) is 33.9 Å². The summed E-state index contributed by atoms with van der Waals surface area (Å²) in [6.07, 6.45) is 7.66. The number of benzene rings is 1. The van der Waals surface area contributed by atoms with Gasteiger partial charge in [-0.15, -0.1) is 0 Å². The molecule has 1 aromatic carbocycles. The van der Waals surface area contributed by atoms with Gasteiger partial charge in [-0.2, -0.15) is 4.98 Å². The van der Waals surface area contributed by atoms with Crippen LogP contribution >= 0.6 is 0 Å². The highest BCUT2D eigenvalue weighted by molar-refractivity contribution is 5.97. The van der Waals surface area contributed by atoms with Gasteiger partial charge in [-0.25, -0.2) is 0 Å². The lowest BCUT2D eigenvalue weighted by atomic mass is 9.78. The van der Waals surface area contributed by atoms with E-state index in [0.717, 1.165) is 37.7 Å². The molecule has 1 unspecified atom stereocenters. The van der Waals surface area contributed by atoms with Gasteiger partial charge in [-0.05, 0) is 55.9 Å². The summed E-state index contributed by atoms with van der Waals surface area (Å²) >= 11 is 0. The van der Waals surface area contributed by atoms with Gasteiger partial charge in [0.2, 0.25) is 11.7 Å². The molecule has 0 saturated carbocycles. The normalized spacial score (nSPS) is 19.5. The van der Waals surface area contributed by atoms with Crippen LogP contribution in [0.15, 0.2) is 47.2 Å². The van der Waals surface area contributed by atoms with E-state index < -0.39 is 0 Å². The molecule has 2 aromatic heterocycles. The fourth-order valence-corrected chi connectivity index (χ4v) is 5.11. The highest BCUT2D eigenvalue weighted by Gasteiger charge is 2.41. The number of methoxy groups -OCH3 is 2. The van der Waals surface area contributed by atoms with Crippen molar-refractivity contribution in [1.29, 1.82) is 0 Å². The lowest BCUT2D eigenvalue weighted by Gasteiger charge is -2.46. The van der Waals surface area contributed by atoms with Gasteiger partial charge in [-0.3, -0.25) is 9.78 Å². The number of carbonyl (C=O) groups excluding carboxylic acids is 1. The summed E-state index contributed by atoms with van der Waals surface area (Å²) in [5, 5.41) is 4.12. The topological polar surface area (TPSA) is 99.8 Å². The molecule has 0 bridgehead atoms. The first-order valence-corrected chi connectivity index (χ1v) is 12.0. The number of pyridine rings is 1. The van der Waals surface area contributed by atoms with Gasteiger partial charge in [0, 0.05) is 50.1 Å². The van der Waals surface area contributed by atoms with E-state index >= 15 is 0 Å². The van der Waals surface area contributed by atoms with Crippen LogP contribution in [0.5, 0.6) is 11.5 Å². The van der Waals surface area contributed by atoms with E-state index in [4.69, 9.17) is 18.7 Å². The molecule has 35 heavy (non-hydrogen) atoms. The molecule has 9 heteroatoms. The Morgan fingerprint density at radius 1 is 1.20 bits per heavy atom. The number of hydrogen-bond acceptors (Lipinski definition) is 8. The first-order chi connectivity index (χ1) is 17.1. The van der Waals surface area contributed by atoms with Crippen molar-refractivity contribution in [3.8, 4) is 22.9 Å². The third-order valence-corrected chi connectivity index (χ3v) is 7.05. The molecule has 2 aliphatic rings. The van der Waals surface area contributed by atoms with Crippen molar-refractivity contribution >= 4 is 5.91 Å². The molecular weight excluding hydrogens is 448 g/mol. The number of piperidine rings is 1. The Balaban J connectivity index is 1.20. The molecule has 3 aromatic rings. The Morgan fingerprint density at radius 3 is 2.80 bits per heavy atom. The first kappa shape index (κ1) is 23.3. The summed E-state index contributed by atoms with van der Waals surface area (Å²) in [5.41, 5.74) is 1.18. The van der Waals surface area contributed by atoms with Gasteiger partial charge in [0.1, 0.15) is 11.5 Å². The Hall–Kier alpha value is -3.46. The fourth-order valence-electron chi connectivity index (χ4n) is 5.11. The predicted molar refractivity (Wildman–Crippen MR) is 127 cm³/mol. The van der Waals surface area contributed by atoms with E-state index in [2.05, 4.69) is 15.1 Å². The summed E-state index contributed by atoms with van der Waals surface area (Å²) in [6.45, 7) is 1.99. The molecule has 1 atom stereocenters. The third-order valence-electron chi connectivity index (χ3n) is 7.05. The molecule has 1 spiro atoms. The average molecular weight is 479 g/mol. The summed E-state index contributed by atoms with van der Waals surface area (Å²) in [5.74, 6) is 2.76. The van der Waals surface area contributed by atoms with Crippen LogP contribution in [0.3, 0.4) is 0 Å². The van der Waals surface area contributed by atoms with E-state index in [9.17, 15) is 4.79 Å². The van der Waals surface area contributed by atoms with Crippen LogP contribution in [0.25, 0.3) is 11.4 Å². The van der Waals surface area contributed by atoms with Gasteiger partial charge in [-0.1, -0.05) is 5.16 Å². The average Bonchev–Trinajstić information content (AvgIpc) is 3.37. The van der Waals surface area contributed by atoms with Gasteiger partial charge in [0.15, 0.2) is 0 Å². The quantitative estimate of drug-likeness (QED) is 0.528. The zero-order valence-electron chi connectivity index (χ0n) is 20.1. The lowest BCUT2D eigenvalue weighted by molar-refractivity contribution is -0.124. The Bertz CT molecular complexity index is 1160. The van der Waals surface area contributed by atoms with E-state index in [1.165, 1.54) is 0 Å². The van der Waals surface area contributed by atoms with Gasteiger partial charge < -0.3 is 23.6 Å². The number of ether oxygens (including phenoxy) is 3. The molecule has 2 aliphatic heterocycles. The van der Waals surface area contributed by atoms with E-state index in [1.807, 2.05) is 17.0 Å². The monoisotopic (exact) mass is 478 g/mol. The van der Waals surface area contributed by atoms with Crippen LogP contribution in [0, 0.1) is 5.92 Å². The second-order valence-corrected chi connectivity index (χ2v) is 9.21. The molecule has 1 amide bonds. The molecule has 5 rings (SSSR count). The highest BCUT2D eigenvalue weighted by Crippen LogP contribution is 2.39. The molecule has 2 fully saturated rings. The summed E-state index contributed by atoms with van der Waals surface area (Å²) < 4.78 is 22.5. The standard InChI is InChI=1S/C26H30N4O5/c1-32-20-5-6-21(22(15-20)33-2)25(31)30-11-8-26(9-12-30)16-18(7-13-34-26)14-23-28-24(29-35-23)19-4-3-10-27-17-19/h3-6,10,15,17-18H,7-9,11-14,16H2,1-2H3. The maximum atomic E-state index is 13.2. The minimum absolute atomic E-state index is 0.0273. The molecule has 0 radical (unpaired) electrons. The van der Waals surface area contributed by atoms with Crippen LogP contribution in [0.4, 0.5) is 0 Å². The number of carbonyl (C=O) groups is 1. The summed E-state index contributed by atoms with van der Waals surface area (Å²) in [6, 6.07) is 9.07. The lowest BCUT2D eigenvalue weighted by Crippen LogP contribution is -2.51. The van der Waals surface area contributed by atoms with Crippen LogP contribution < -0.4 is 9.47 Å². The summed E-state index contributed by atoms with van der Waals surface area (Å²) in [4.78, 5) is 23.8. The van der Waals surface area contributed by atoms with Gasteiger partial charge in [0.05, 0.1) is 25.4 Å². The van der Waals surface area contributed by atoms with Crippen molar-refractivity contribution in [3.05, 3.63) is 54.2 Å². The van der Waals surface area contributed by atoms with Crippen LogP contribution in [-0.4, -0.2) is 65.4 Å². The second-order valence-electron chi connectivity index (χ2n) is 9.21. The first-order valence-electron chi connectivity index (χ1n) is 12.0. The zero-order valence-corrected chi connectivity index (χ0v) is 20.1. The maximum Gasteiger partial charge on any atom is 0.257 e. The molecule has 9 nitrogen and oxygen atoms in total. The van der Waals surface area contributed by atoms with Gasteiger partial charge in [0.25, 0.3) is 5.91 Å². The van der Waals surface area contributed by atoms with Crippen molar-refractivity contribution < 1.29 is 23.5 Å². The van der Waals surface area contributed by atoms with E-state index in [0.29, 0.717) is 54.4 Å². The Labute approximate surface area is 204 Å². The van der Waals surface area contributed by atoms with Gasteiger partial charge >= 0.3 is 0 Å². The minimum atomic E-state index is -0.212. The molecular formula is C26H30N4O5. The predicted octanol–water partition coefficient (Wildman–Crippen LogP) is 3.79. The second kappa shape index (κ2) is 10.0. The SMILES string of the molecule is COc1ccc(C(=O)N2CCC3(CC2)CC(Cc2nc(-c4cccnc4)no2)CCO3)c(OC)c1. The van der Waals surface area contributed by atoms with Crippen molar-refractivity contribution in [2.45, 2.75) is 37.7 Å². The zero-order chi connectivity index (χ0) is 24.3. The Morgan fingerprint density at radius 2 is 2.06 bits per heavy atom. The number of likely N-dealkylation sites (tertiary alicyclic amines) is 1. The van der Waals surface area contributed by atoms with E-state index in [1.54, 1.807) is 44.8 Å². The minimum Gasteiger partial charge on any atom is -0.497 e. The number of hydrogen-bond donors (Lipinski definition) is 0. The Kier molecular flexibility index (Phi) is 6.68. The van der Waals surface area contributed by atoms with E-state index in [-0.39, 0.29) is 11.5 Å². The molecule has 0 aliphatic carbocycles. The van der Waals surface area contributed by atoms with Crippen molar-refractivity contribution in [3.63, 3.8) is 0 Å². The van der Waals surface area contributed by atoms with Crippen molar-refractivity contribution in [2.24, 2.45) is 5.92 Å². The molecule has 4 heterocycles. The highest BCUT2D eigenvalue weighted by atomic mass is 16.5. The third kappa shape index (κ3) is 5.00. The van der Waals surface area contributed by atoms with Crippen LogP contribution in [0.2, 0.25) is 0 Å². The molecule has 2 saturated heterocycles. The summed E-state index contributed by atoms with van der Waals surface area (Å²) in [7, 11) is 3.16. The van der Waals surface area contributed by atoms with Crippen LogP contribution in [-0.2, 0) is 11.2 Å². The number of nitrogens with zero attached hydrogens (tertiary/aromatic N) is 4. The maximum absolute atomic E-state index is 13.2. The fraction of sp³-hybridized carbons (Fsp3) is 0.462. The number of amides is 1. The smallest absolute Gasteiger partial charge is 0.257 e. The van der Waals surface area contributed by atoms with Crippen molar-refractivity contribution in [1.82, 2.24) is 20.0 Å². The largest absolute Gasteiger partial charge is 0.497 e. The molecule has 0 N–H and O–H groups in total. The number of aromatic nitrogens is 3. The molecule has 184 valence electrons. The number of rotatable bonds is 6. The van der Waals surface area contributed by atoms with Crippen LogP contribution in [0.1, 0.15) is 41.9 Å².